The summed E-state index contributed by atoms with van der Waals surface area (Å²) >= 11 is 0. The summed E-state index contributed by atoms with van der Waals surface area (Å²) in [6, 6.07) is 9.34. The minimum atomic E-state index is -0.670. The molecule has 0 spiro atoms. The van der Waals surface area contributed by atoms with Crippen LogP contribution in [0.3, 0.4) is 0 Å². The number of carboxylic acid groups (broad SMARTS) is 1. The van der Waals surface area contributed by atoms with Crippen molar-refractivity contribution in [3.63, 3.8) is 0 Å². The number of unbranched alkanes of at least 4 members (excludes halogenated alkanes) is 4. The van der Waals surface area contributed by atoms with E-state index in [0.29, 0.717) is 29.0 Å². The quantitative estimate of drug-likeness (QED) is 0.164. The maximum Gasteiger partial charge on any atom is 0.303 e. The number of ether oxygens (including phenoxy) is 2. The van der Waals surface area contributed by atoms with Gasteiger partial charge in [0.15, 0.2) is 34.6 Å². The van der Waals surface area contributed by atoms with Crippen LogP contribution in [0, 0.1) is 0 Å². The van der Waals surface area contributed by atoms with Gasteiger partial charge in [-0.25, -0.2) is 0 Å². The van der Waals surface area contributed by atoms with Gasteiger partial charge >= 0.3 is 5.97 Å². The fraction of sp³-hybridized carbons (Fsp3) is 0.345. The van der Waals surface area contributed by atoms with E-state index in [9.17, 15) is 24.6 Å². The number of ketones is 2. The Balaban J connectivity index is 0.000000580. The van der Waals surface area contributed by atoms with Crippen LogP contribution in [0.4, 0.5) is 0 Å². The normalized spacial score (nSPS) is 10.7. The molecule has 0 unspecified atom stereocenters. The molecule has 200 valence electrons. The molecular weight excluding hydrogens is 476 g/mol. The molecule has 0 atom stereocenters. The van der Waals surface area contributed by atoms with E-state index in [0.717, 1.165) is 12.8 Å². The number of hydrogen-bond donors (Lipinski definition) is 3. The molecule has 0 amide bonds. The first-order valence-corrected chi connectivity index (χ1v) is 12.1. The topological polar surface area (TPSA) is 130 Å². The summed E-state index contributed by atoms with van der Waals surface area (Å²) < 4.78 is 10.00. The number of benzene rings is 2. The van der Waals surface area contributed by atoms with Crippen molar-refractivity contribution >= 4 is 29.7 Å². The van der Waals surface area contributed by atoms with Gasteiger partial charge in [-0.1, -0.05) is 56.9 Å². The third kappa shape index (κ3) is 13.0. The lowest BCUT2D eigenvalue weighted by molar-refractivity contribution is -0.137. The average Bonchev–Trinajstić information content (AvgIpc) is 2.87. The Morgan fingerprint density at radius 3 is 1.62 bits per heavy atom. The van der Waals surface area contributed by atoms with E-state index >= 15 is 0 Å². The van der Waals surface area contributed by atoms with E-state index in [1.54, 1.807) is 36.4 Å². The Morgan fingerprint density at radius 2 is 1.22 bits per heavy atom. The maximum absolute atomic E-state index is 11.9. The number of carbonyl (C=O) groups excluding carboxylic acids is 2. The average molecular weight is 513 g/mol. The van der Waals surface area contributed by atoms with Gasteiger partial charge in [0.05, 0.1) is 20.6 Å². The van der Waals surface area contributed by atoms with Gasteiger partial charge in [-0.3, -0.25) is 14.4 Å². The second-order valence-corrected chi connectivity index (χ2v) is 8.20. The molecule has 8 heteroatoms. The van der Waals surface area contributed by atoms with Crippen molar-refractivity contribution in [2.45, 2.75) is 51.9 Å². The summed E-state index contributed by atoms with van der Waals surface area (Å²) in [6.07, 6.45) is 11.3. The largest absolute Gasteiger partial charge is 0.504 e. The second kappa shape index (κ2) is 17.4. The SMILES string of the molecule is CCCCCCCC(=O)O.COc1cc(/C=C/C(=O)CC(=O)/C=C/c2ccc(O)c(OC)c2)ccc1O. The number of aromatic hydroxyl groups is 2. The van der Waals surface area contributed by atoms with Crippen molar-refractivity contribution in [1.82, 2.24) is 0 Å². The first kappa shape index (κ1) is 31.0. The van der Waals surface area contributed by atoms with Crippen molar-refractivity contribution in [2.75, 3.05) is 14.2 Å². The second-order valence-electron chi connectivity index (χ2n) is 8.20. The molecule has 0 aromatic heterocycles. The molecular formula is C29H36O8. The Labute approximate surface area is 217 Å². The Bertz CT molecular complexity index is 1010. The molecule has 0 aliphatic heterocycles. The number of methoxy groups -OCH3 is 2. The Kier molecular flexibility index (Phi) is 14.5. The number of rotatable bonds is 14. The lowest BCUT2D eigenvalue weighted by Crippen LogP contribution is -2.01. The van der Waals surface area contributed by atoms with Gasteiger partial charge in [0.1, 0.15) is 0 Å². The van der Waals surface area contributed by atoms with Crippen molar-refractivity contribution in [3.05, 3.63) is 59.7 Å². The first-order valence-electron chi connectivity index (χ1n) is 12.1. The zero-order chi connectivity index (χ0) is 27.6. The standard InChI is InChI=1S/C21H20O6.C8H16O2/c1-26-20-11-14(5-9-18(20)24)3-7-16(22)13-17(23)8-4-15-6-10-19(25)21(12-15)27-2;1-2-3-4-5-6-7-8(9)10/h3-12,24-25H,13H2,1-2H3;2-7H2,1H3,(H,9,10)/b7-3+,8-4+;. The van der Waals surface area contributed by atoms with Crippen LogP contribution in [0.15, 0.2) is 48.6 Å². The summed E-state index contributed by atoms with van der Waals surface area (Å²) in [7, 11) is 2.87. The van der Waals surface area contributed by atoms with Gasteiger partial charge in [-0.2, -0.15) is 0 Å². The molecule has 0 heterocycles. The smallest absolute Gasteiger partial charge is 0.303 e. The van der Waals surface area contributed by atoms with E-state index in [2.05, 4.69) is 6.92 Å². The van der Waals surface area contributed by atoms with Gasteiger partial charge in [0.25, 0.3) is 0 Å². The summed E-state index contributed by atoms with van der Waals surface area (Å²) in [5, 5.41) is 27.4. The van der Waals surface area contributed by atoms with Gasteiger partial charge in [-0.05, 0) is 54.0 Å². The van der Waals surface area contributed by atoms with Crippen molar-refractivity contribution < 1.29 is 39.2 Å². The zero-order valence-corrected chi connectivity index (χ0v) is 21.6. The lowest BCUT2D eigenvalue weighted by atomic mass is 10.1. The molecule has 0 aliphatic carbocycles. The van der Waals surface area contributed by atoms with Crippen LogP contribution in [0.25, 0.3) is 12.2 Å². The predicted octanol–water partition coefficient (Wildman–Crippen LogP) is 5.80. The molecule has 2 aromatic carbocycles. The first-order chi connectivity index (χ1) is 17.7. The van der Waals surface area contributed by atoms with Crippen LogP contribution in [0.2, 0.25) is 0 Å². The fourth-order valence-electron chi connectivity index (χ4n) is 3.14. The highest BCUT2D eigenvalue weighted by molar-refractivity contribution is 6.10. The van der Waals surface area contributed by atoms with Gasteiger partial charge < -0.3 is 24.8 Å². The van der Waals surface area contributed by atoms with Crippen molar-refractivity contribution in [2.24, 2.45) is 0 Å². The van der Waals surface area contributed by atoms with Crippen molar-refractivity contribution in [1.29, 1.82) is 0 Å². The van der Waals surface area contributed by atoms with E-state index in [1.807, 2.05) is 0 Å². The summed E-state index contributed by atoms with van der Waals surface area (Å²) in [5.41, 5.74) is 1.33. The molecule has 0 radical (unpaired) electrons. The van der Waals surface area contributed by atoms with Gasteiger partial charge in [0.2, 0.25) is 0 Å². The highest BCUT2D eigenvalue weighted by Gasteiger charge is 2.06. The van der Waals surface area contributed by atoms with Crippen LogP contribution in [-0.2, 0) is 14.4 Å². The summed E-state index contributed by atoms with van der Waals surface area (Å²) in [5.74, 6) is -0.753. The minimum absolute atomic E-state index is 0.00662. The molecule has 0 fully saturated rings. The zero-order valence-electron chi connectivity index (χ0n) is 21.6. The maximum atomic E-state index is 11.9. The lowest BCUT2D eigenvalue weighted by Gasteiger charge is -2.03. The molecule has 0 aliphatic rings. The number of phenols is 2. The molecule has 8 nitrogen and oxygen atoms in total. The van der Waals surface area contributed by atoms with E-state index in [1.165, 1.54) is 57.8 Å². The van der Waals surface area contributed by atoms with E-state index in [4.69, 9.17) is 14.6 Å². The predicted molar refractivity (Wildman–Crippen MR) is 143 cm³/mol. The summed E-state index contributed by atoms with van der Waals surface area (Å²) in [6.45, 7) is 2.15. The number of carbonyl (C=O) groups is 3. The third-order valence-electron chi connectivity index (χ3n) is 5.17. The molecule has 0 saturated heterocycles. The van der Waals surface area contributed by atoms with E-state index in [-0.39, 0.29) is 29.5 Å². The number of allylic oxidation sites excluding steroid dienone is 2. The minimum Gasteiger partial charge on any atom is -0.504 e. The summed E-state index contributed by atoms with van der Waals surface area (Å²) in [4.78, 5) is 33.9. The molecule has 2 aromatic rings. The van der Waals surface area contributed by atoms with Crippen LogP contribution in [0.5, 0.6) is 23.0 Å². The number of aliphatic carboxylic acids is 1. The van der Waals surface area contributed by atoms with Crippen LogP contribution < -0.4 is 9.47 Å². The van der Waals surface area contributed by atoms with Crippen LogP contribution >= 0.6 is 0 Å². The van der Waals surface area contributed by atoms with Crippen LogP contribution in [0.1, 0.15) is 63.0 Å². The van der Waals surface area contributed by atoms with Crippen LogP contribution in [-0.4, -0.2) is 47.1 Å². The Hall–Kier alpha value is -4.07. The number of phenolic OH excluding ortho intramolecular Hbond substituents is 2. The highest BCUT2D eigenvalue weighted by Crippen LogP contribution is 2.27. The molecule has 37 heavy (non-hydrogen) atoms. The number of carboxylic acids is 1. The molecule has 0 saturated carbocycles. The monoisotopic (exact) mass is 512 g/mol. The number of hydrogen-bond acceptors (Lipinski definition) is 7. The highest BCUT2D eigenvalue weighted by atomic mass is 16.5. The van der Waals surface area contributed by atoms with E-state index < -0.39 is 5.97 Å². The molecule has 3 N–H and O–H groups in total. The molecule has 2 rings (SSSR count). The van der Waals surface area contributed by atoms with Gasteiger partial charge in [-0.15, -0.1) is 0 Å². The molecule has 0 bridgehead atoms. The Morgan fingerprint density at radius 1 is 0.757 bits per heavy atom. The third-order valence-corrected chi connectivity index (χ3v) is 5.17. The van der Waals surface area contributed by atoms with Gasteiger partial charge in [0, 0.05) is 6.42 Å². The fourth-order valence-corrected chi connectivity index (χ4v) is 3.14. The van der Waals surface area contributed by atoms with Crippen molar-refractivity contribution in [3.8, 4) is 23.0 Å².